The van der Waals surface area contributed by atoms with E-state index >= 15 is 0 Å². The summed E-state index contributed by atoms with van der Waals surface area (Å²) >= 11 is 0. The van der Waals surface area contributed by atoms with Crippen LogP contribution in [-0.2, 0) is 15.7 Å². The monoisotopic (exact) mass is 286 g/mol. The second-order valence-corrected chi connectivity index (χ2v) is 4.90. The van der Waals surface area contributed by atoms with Crippen LogP contribution in [0.1, 0.15) is 12.0 Å². The molecule has 1 atom stereocenters. The molecule has 0 spiro atoms. The zero-order valence-corrected chi connectivity index (χ0v) is 10.5. The molecule has 4 nitrogen and oxygen atoms in total. The minimum absolute atomic E-state index is 0.123. The van der Waals surface area contributed by atoms with Gasteiger partial charge < -0.3 is 15.0 Å². The molecule has 7 heteroatoms. The van der Waals surface area contributed by atoms with Gasteiger partial charge >= 0.3 is 6.18 Å². The van der Waals surface area contributed by atoms with Gasteiger partial charge in [0.05, 0.1) is 36.2 Å². The number of hydrogen-bond acceptors (Lipinski definition) is 3. The van der Waals surface area contributed by atoms with Crippen LogP contribution in [0.5, 0.6) is 0 Å². The van der Waals surface area contributed by atoms with Gasteiger partial charge in [-0.25, -0.2) is 0 Å². The summed E-state index contributed by atoms with van der Waals surface area (Å²) in [6.07, 6.45) is -4.20. The minimum Gasteiger partial charge on any atom is -0.377 e. The molecule has 0 saturated carbocycles. The highest BCUT2D eigenvalue weighted by atomic mass is 19.4. The van der Waals surface area contributed by atoms with Crippen LogP contribution in [-0.4, -0.2) is 31.7 Å². The third-order valence-electron chi connectivity index (χ3n) is 3.56. The lowest BCUT2D eigenvalue weighted by Crippen LogP contribution is -2.45. The summed E-state index contributed by atoms with van der Waals surface area (Å²) in [6, 6.07) is 3.33. The van der Waals surface area contributed by atoms with Crippen molar-refractivity contribution >= 4 is 17.3 Å². The smallest absolute Gasteiger partial charge is 0.377 e. The SMILES string of the molecule is O=C1CC2COCCN2c2ccc(C(F)(F)F)cc2N1. The lowest BCUT2D eigenvalue weighted by atomic mass is 10.1. The number of alkyl halides is 3. The minimum atomic E-state index is -4.42. The Bertz CT molecular complexity index is 545. The number of hydrogen-bond donors (Lipinski definition) is 1. The molecular weight excluding hydrogens is 273 g/mol. The Kier molecular flexibility index (Phi) is 3.08. The van der Waals surface area contributed by atoms with Crippen molar-refractivity contribution in [2.24, 2.45) is 0 Å². The first-order valence-electron chi connectivity index (χ1n) is 6.30. The number of rotatable bonds is 0. The van der Waals surface area contributed by atoms with Crippen LogP contribution < -0.4 is 10.2 Å². The Labute approximate surface area is 113 Å². The van der Waals surface area contributed by atoms with E-state index in [9.17, 15) is 18.0 Å². The highest BCUT2D eigenvalue weighted by Gasteiger charge is 2.34. The van der Waals surface area contributed by atoms with Crippen molar-refractivity contribution in [3.63, 3.8) is 0 Å². The van der Waals surface area contributed by atoms with Crippen LogP contribution in [0.25, 0.3) is 0 Å². The topological polar surface area (TPSA) is 41.6 Å². The Hall–Kier alpha value is -1.76. The molecule has 0 radical (unpaired) electrons. The highest BCUT2D eigenvalue weighted by Crippen LogP contribution is 2.38. The molecule has 3 rings (SSSR count). The average molecular weight is 286 g/mol. The van der Waals surface area contributed by atoms with Crippen LogP contribution in [0.15, 0.2) is 18.2 Å². The van der Waals surface area contributed by atoms with Crippen LogP contribution in [0, 0.1) is 0 Å². The first-order valence-corrected chi connectivity index (χ1v) is 6.30. The normalized spacial score (nSPS) is 22.6. The molecule has 2 heterocycles. The second kappa shape index (κ2) is 4.66. The maximum absolute atomic E-state index is 12.7. The molecule has 1 saturated heterocycles. The van der Waals surface area contributed by atoms with Gasteiger partial charge in [0.15, 0.2) is 0 Å². The predicted molar refractivity (Wildman–Crippen MR) is 66.6 cm³/mol. The van der Waals surface area contributed by atoms with E-state index in [1.807, 2.05) is 4.90 Å². The summed E-state index contributed by atoms with van der Waals surface area (Å²) in [5.74, 6) is -0.288. The van der Waals surface area contributed by atoms with Gasteiger partial charge in [0.2, 0.25) is 5.91 Å². The van der Waals surface area contributed by atoms with Gasteiger partial charge in [0.25, 0.3) is 0 Å². The predicted octanol–water partition coefficient (Wildman–Crippen LogP) is 2.25. The second-order valence-electron chi connectivity index (χ2n) is 4.90. The van der Waals surface area contributed by atoms with Crippen LogP contribution in [0.4, 0.5) is 24.5 Å². The van der Waals surface area contributed by atoms with E-state index < -0.39 is 11.7 Å². The van der Waals surface area contributed by atoms with Crippen molar-refractivity contribution in [1.29, 1.82) is 0 Å². The lowest BCUT2D eigenvalue weighted by molar-refractivity contribution is -0.137. The van der Waals surface area contributed by atoms with Crippen molar-refractivity contribution in [3.05, 3.63) is 23.8 Å². The van der Waals surface area contributed by atoms with Crippen molar-refractivity contribution in [2.75, 3.05) is 30.0 Å². The molecule has 108 valence electrons. The Morgan fingerprint density at radius 2 is 2.15 bits per heavy atom. The number of benzene rings is 1. The molecule has 1 amide bonds. The van der Waals surface area contributed by atoms with Gasteiger partial charge in [-0.2, -0.15) is 13.2 Å². The van der Waals surface area contributed by atoms with E-state index in [1.54, 1.807) is 0 Å². The Morgan fingerprint density at radius 3 is 2.90 bits per heavy atom. The fraction of sp³-hybridized carbons (Fsp3) is 0.462. The molecule has 1 unspecified atom stereocenters. The van der Waals surface area contributed by atoms with E-state index in [0.29, 0.717) is 25.4 Å². The van der Waals surface area contributed by atoms with Crippen molar-refractivity contribution in [2.45, 2.75) is 18.6 Å². The first kappa shape index (κ1) is 13.2. The fourth-order valence-electron chi connectivity index (χ4n) is 2.62. The first-order chi connectivity index (χ1) is 9.45. The number of morpholine rings is 1. The molecule has 0 aromatic heterocycles. The largest absolute Gasteiger partial charge is 0.416 e. The zero-order chi connectivity index (χ0) is 14.3. The van der Waals surface area contributed by atoms with Crippen molar-refractivity contribution < 1.29 is 22.7 Å². The molecule has 0 bridgehead atoms. The molecular formula is C13H13F3N2O2. The number of carbonyl (C=O) groups is 1. The number of nitrogens with one attached hydrogen (secondary N) is 1. The van der Waals surface area contributed by atoms with Crippen molar-refractivity contribution in [1.82, 2.24) is 0 Å². The molecule has 1 aromatic rings. The number of ether oxygens (including phenoxy) is 1. The van der Waals surface area contributed by atoms with E-state index in [0.717, 1.165) is 12.1 Å². The zero-order valence-electron chi connectivity index (χ0n) is 10.5. The van der Waals surface area contributed by atoms with Gasteiger partial charge in [0.1, 0.15) is 0 Å². The number of halogens is 3. The number of amides is 1. The van der Waals surface area contributed by atoms with Crippen LogP contribution in [0.3, 0.4) is 0 Å². The molecule has 2 aliphatic rings. The maximum Gasteiger partial charge on any atom is 0.416 e. The summed E-state index contributed by atoms with van der Waals surface area (Å²) < 4.78 is 43.6. The highest BCUT2D eigenvalue weighted by molar-refractivity contribution is 5.97. The third kappa shape index (κ3) is 2.33. The number of carbonyl (C=O) groups excluding carboxylic acids is 1. The average Bonchev–Trinajstić information content (AvgIpc) is 2.52. The van der Waals surface area contributed by atoms with Crippen LogP contribution >= 0.6 is 0 Å². The summed E-state index contributed by atoms with van der Waals surface area (Å²) in [4.78, 5) is 13.7. The Morgan fingerprint density at radius 1 is 1.35 bits per heavy atom. The third-order valence-corrected chi connectivity index (χ3v) is 3.56. The summed E-state index contributed by atoms with van der Waals surface area (Å²) in [5.41, 5.74) is 0.0784. The maximum atomic E-state index is 12.7. The molecule has 1 N–H and O–H groups in total. The molecule has 1 fully saturated rings. The summed E-state index contributed by atoms with van der Waals surface area (Å²) in [5, 5.41) is 2.56. The van der Waals surface area contributed by atoms with Gasteiger partial charge in [0, 0.05) is 13.0 Å². The van der Waals surface area contributed by atoms with E-state index in [1.165, 1.54) is 6.07 Å². The molecule has 2 aliphatic heterocycles. The number of nitrogens with zero attached hydrogens (tertiary/aromatic N) is 1. The lowest BCUT2D eigenvalue weighted by Gasteiger charge is -2.36. The molecule has 1 aromatic carbocycles. The number of anilines is 2. The fourth-order valence-corrected chi connectivity index (χ4v) is 2.62. The van der Waals surface area contributed by atoms with Gasteiger partial charge in [-0.05, 0) is 18.2 Å². The van der Waals surface area contributed by atoms with E-state index in [-0.39, 0.29) is 24.1 Å². The van der Waals surface area contributed by atoms with E-state index in [4.69, 9.17) is 4.74 Å². The molecule has 20 heavy (non-hydrogen) atoms. The van der Waals surface area contributed by atoms with Gasteiger partial charge in [-0.3, -0.25) is 4.79 Å². The van der Waals surface area contributed by atoms with Gasteiger partial charge in [-0.15, -0.1) is 0 Å². The molecule has 0 aliphatic carbocycles. The standard InChI is InChI=1S/C13H13F3N2O2/c14-13(15,16)8-1-2-11-10(5-8)17-12(19)6-9-7-20-4-3-18(9)11/h1-2,5,9H,3-4,6-7H2,(H,17,19). The quantitative estimate of drug-likeness (QED) is 0.795. The van der Waals surface area contributed by atoms with Crippen LogP contribution in [0.2, 0.25) is 0 Å². The number of fused-ring (bicyclic) bond motifs is 3. The summed E-state index contributed by atoms with van der Waals surface area (Å²) in [7, 11) is 0. The van der Waals surface area contributed by atoms with Gasteiger partial charge in [-0.1, -0.05) is 0 Å². The Balaban J connectivity index is 2.04. The summed E-state index contributed by atoms with van der Waals surface area (Å²) in [6.45, 7) is 1.48. The van der Waals surface area contributed by atoms with Crippen molar-refractivity contribution in [3.8, 4) is 0 Å². The van der Waals surface area contributed by atoms with E-state index in [2.05, 4.69) is 5.32 Å².